The van der Waals surface area contributed by atoms with Crippen molar-refractivity contribution in [1.29, 1.82) is 0 Å². The van der Waals surface area contributed by atoms with E-state index >= 15 is 0 Å². The third kappa shape index (κ3) is 5.48. The van der Waals surface area contributed by atoms with Crippen molar-refractivity contribution in [3.63, 3.8) is 0 Å². The Bertz CT molecular complexity index is 2000. The second-order valence-electron chi connectivity index (χ2n) is 12.7. The van der Waals surface area contributed by atoms with Crippen LogP contribution in [0, 0.1) is 25.7 Å². The number of hydrogen-bond donors (Lipinski definition) is 2. The van der Waals surface area contributed by atoms with E-state index in [1.807, 2.05) is 27.7 Å². The Morgan fingerprint density at radius 3 is 1.17 bits per heavy atom. The number of phenolic OH excluding ortho intramolecular Hbond substituents is 2. The molecule has 0 atom stereocenters. The SMILES string of the molecule is COc1c(OC)c(O)c2c(=O)c(-c3ccc(-c4c(C)oc5c(CC(C)C)c(OC)c(OC)c(O)c5c4=O)cc3)c(C)oc2c1CC(C)C. The van der Waals surface area contributed by atoms with E-state index in [0.29, 0.717) is 58.1 Å². The van der Waals surface area contributed by atoms with E-state index in [9.17, 15) is 19.8 Å². The molecule has 0 radical (unpaired) electrons. The molecule has 0 saturated carbocycles. The lowest BCUT2D eigenvalue weighted by Gasteiger charge is -2.19. The Balaban J connectivity index is 1.72. The van der Waals surface area contributed by atoms with Gasteiger partial charge in [-0.3, -0.25) is 9.59 Å². The van der Waals surface area contributed by atoms with Gasteiger partial charge >= 0.3 is 0 Å². The molecule has 5 rings (SSSR count). The zero-order chi connectivity index (χ0) is 35.2. The fourth-order valence-electron chi connectivity index (χ4n) is 6.53. The third-order valence-electron chi connectivity index (χ3n) is 8.49. The van der Waals surface area contributed by atoms with E-state index in [2.05, 4.69) is 0 Å². The molecule has 2 aromatic heterocycles. The van der Waals surface area contributed by atoms with Crippen LogP contribution in [0.2, 0.25) is 0 Å². The summed E-state index contributed by atoms with van der Waals surface area (Å²) in [5.41, 5.74) is 2.42. The fourth-order valence-corrected chi connectivity index (χ4v) is 6.53. The molecule has 0 spiro atoms. The van der Waals surface area contributed by atoms with Crippen LogP contribution in [0.4, 0.5) is 0 Å². The van der Waals surface area contributed by atoms with Crippen LogP contribution < -0.4 is 29.8 Å². The third-order valence-corrected chi connectivity index (χ3v) is 8.49. The molecule has 10 heteroatoms. The molecule has 2 N–H and O–H groups in total. The summed E-state index contributed by atoms with van der Waals surface area (Å²) in [6, 6.07) is 6.81. The smallest absolute Gasteiger partial charge is 0.204 e. The first-order chi connectivity index (χ1) is 22.8. The fraction of sp³-hybridized carbons (Fsp3) is 0.368. The molecule has 2 heterocycles. The molecule has 0 aliphatic rings. The van der Waals surface area contributed by atoms with Crippen molar-refractivity contribution >= 4 is 21.9 Å². The maximum atomic E-state index is 14.1. The van der Waals surface area contributed by atoms with Crippen molar-refractivity contribution in [3.8, 4) is 56.8 Å². The van der Waals surface area contributed by atoms with Crippen molar-refractivity contribution in [3.05, 3.63) is 67.4 Å². The summed E-state index contributed by atoms with van der Waals surface area (Å²) < 4.78 is 34.7. The van der Waals surface area contributed by atoms with Gasteiger partial charge in [0.15, 0.2) is 23.0 Å². The number of hydrogen-bond acceptors (Lipinski definition) is 10. The Morgan fingerprint density at radius 2 is 0.896 bits per heavy atom. The molecule has 0 aliphatic heterocycles. The Labute approximate surface area is 278 Å². The van der Waals surface area contributed by atoms with Gasteiger partial charge in [0, 0.05) is 11.1 Å². The molecule has 3 aromatic carbocycles. The van der Waals surface area contributed by atoms with Crippen molar-refractivity contribution in [2.24, 2.45) is 11.8 Å². The minimum atomic E-state index is -0.435. The summed E-state index contributed by atoms with van der Waals surface area (Å²) in [7, 11) is 5.76. The van der Waals surface area contributed by atoms with Gasteiger partial charge in [-0.2, -0.15) is 0 Å². The highest BCUT2D eigenvalue weighted by Crippen LogP contribution is 2.48. The minimum absolute atomic E-state index is 0.00366. The summed E-state index contributed by atoms with van der Waals surface area (Å²) in [5, 5.41) is 22.4. The predicted octanol–water partition coefficient (Wildman–Crippen LogP) is 7.69. The molecule has 0 aliphatic carbocycles. The van der Waals surface area contributed by atoms with Gasteiger partial charge in [-0.1, -0.05) is 52.0 Å². The average Bonchev–Trinajstić information content (AvgIpc) is 3.03. The number of methoxy groups -OCH3 is 4. The van der Waals surface area contributed by atoms with Gasteiger partial charge in [-0.05, 0) is 49.7 Å². The second-order valence-corrected chi connectivity index (χ2v) is 12.7. The van der Waals surface area contributed by atoms with Gasteiger partial charge in [0.2, 0.25) is 22.4 Å². The van der Waals surface area contributed by atoms with E-state index in [0.717, 1.165) is 0 Å². The first-order valence-electron chi connectivity index (χ1n) is 15.8. The molecular weight excluding hydrogens is 616 g/mol. The molecule has 10 nitrogen and oxygen atoms in total. The first-order valence-corrected chi connectivity index (χ1v) is 15.8. The molecule has 254 valence electrons. The van der Waals surface area contributed by atoms with Crippen LogP contribution in [0.15, 0.2) is 42.7 Å². The number of aromatic hydroxyl groups is 2. The van der Waals surface area contributed by atoms with E-state index in [-0.39, 0.29) is 67.9 Å². The number of phenols is 2. The molecule has 0 saturated heterocycles. The zero-order valence-electron chi connectivity index (χ0n) is 29.0. The number of fused-ring (bicyclic) bond motifs is 2. The number of benzene rings is 3. The number of ether oxygens (including phenoxy) is 4. The number of aryl methyl sites for hydroxylation is 2. The molecule has 48 heavy (non-hydrogen) atoms. The van der Waals surface area contributed by atoms with Crippen molar-refractivity contribution in [2.45, 2.75) is 54.4 Å². The first kappa shape index (κ1) is 34.2. The molecule has 0 unspecified atom stereocenters. The standard InChI is InChI=1S/C38H42O10/c1-17(2)15-23-33-27(31(41)37(45-9)35(23)43-7)29(39)25(19(5)47-33)21-11-13-22(14-12-21)26-20(6)48-34-24(16-18(3)4)36(44-8)38(46-10)32(42)28(34)30(26)40/h11-14,17-18,41-42H,15-16H2,1-10H3. The molecule has 0 amide bonds. The van der Waals surface area contributed by atoms with Gasteiger partial charge in [0.1, 0.15) is 33.5 Å². The van der Waals surface area contributed by atoms with Crippen LogP contribution in [0.1, 0.15) is 50.3 Å². The van der Waals surface area contributed by atoms with Crippen molar-refractivity contribution < 1.29 is 38.0 Å². The minimum Gasteiger partial charge on any atom is -0.504 e. The predicted molar refractivity (Wildman–Crippen MR) is 185 cm³/mol. The summed E-state index contributed by atoms with van der Waals surface area (Å²) in [4.78, 5) is 28.2. The average molecular weight is 659 g/mol. The zero-order valence-corrected chi connectivity index (χ0v) is 29.0. The monoisotopic (exact) mass is 658 g/mol. The highest BCUT2D eigenvalue weighted by Gasteiger charge is 2.29. The van der Waals surface area contributed by atoms with Crippen LogP contribution in [-0.2, 0) is 12.8 Å². The highest BCUT2D eigenvalue weighted by atomic mass is 16.5. The quantitative estimate of drug-likeness (QED) is 0.154. The summed E-state index contributed by atoms with van der Waals surface area (Å²) in [5.74, 6) is 1.11. The van der Waals surface area contributed by atoms with Gasteiger partial charge in [0.05, 0.1) is 39.6 Å². The van der Waals surface area contributed by atoms with Crippen LogP contribution in [0.25, 0.3) is 44.2 Å². The summed E-state index contributed by atoms with van der Waals surface area (Å²) >= 11 is 0. The maximum absolute atomic E-state index is 14.1. The molecular formula is C38H42O10. The number of rotatable bonds is 10. The summed E-state index contributed by atoms with van der Waals surface area (Å²) in [6.45, 7) is 11.5. The Kier molecular flexibility index (Phi) is 9.39. The van der Waals surface area contributed by atoms with E-state index < -0.39 is 10.9 Å². The van der Waals surface area contributed by atoms with Crippen LogP contribution in [-0.4, -0.2) is 38.7 Å². The van der Waals surface area contributed by atoms with Crippen molar-refractivity contribution in [2.75, 3.05) is 28.4 Å². The van der Waals surface area contributed by atoms with Crippen LogP contribution >= 0.6 is 0 Å². The normalized spacial score (nSPS) is 11.6. The summed E-state index contributed by atoms with van der Waals surface area (Å²) in [6.07, 6.45) is 1.04. The molecule has 5 aromatic rings. The lowest BCUT2D eigenvalue weighted by molar-refractivity contribution is 0.330. The lowest BCUT2D eigenvalue weighted by atomic mass is 9.94. The van der Waals surface area contributed by atoms with E-state index in [1.165, 1.54) is 28.4 Å². The largest absolute Gasteiger partial charge is 0.504 e. The molecule has 0 fully saturated rings. The second kappa shape index (κ2) is 13.2. The Hall–Kier alpha value is -5.12. The van der Waals surface area contributed by atoms with Gasteiger partial charge in [-0.25, -0.2) is 0 Å². The van der Waals surface area contributed by atoms with E-state index in [1.54, 1.807) is 38.1 Å². The van der Waals surface area contributed by atoms with Crippen molar-refractivity contribution in [1.82, 2.24) is 0 Å². The Morgan fingerprint density at radius 1 is 0.583 bits per heavy atom. The van der Waals surface area contributed by atoms with Gasteiger partial charge in [-0.15, -0.1) is 0 Å². The maximum Gasteiger partial charge on any atom is 0.204 e. The molecule has 0 bridgehead atoms. The topological polar surface area (TPSA) is 138 Å². The van der Waals surface area contributed by atoms with E-state index in [4.69, 9.17) is 27.8 Å². The lowest BCUT2D eigenvalue weighted by Crippen LogP contribution is -2.12. The van der Waals surface area contributed by atoms with Gasteiger partial charge < -0.3 is 38.0 Å². The van der Waals surface area contributed by atoms with Gasteiger partial charge in [0.25, 0.3) is 0 Å². The highest BCUT2D eigenvalue weighted by molar-refractivity contribution is 5.96. The van der Waals surface area contributed by atoms with Crippen LogP contribution in [0.3, 0.4) is 0 Å². The van der Waals surface area contributed by atoms with Crippen LogP contribution in [0.5, 0.6) is 34.5 Å².